The lowest BCUT2D eigenvalue weighted by Crippen LogP contribution is -2.32. The number of methoxy groups -OCH3 is 1. The van der Waals surface area contributed by atoms with Crippen molar-refractivity contribution < 1.29 is 17.9 Å². The van der Waals surface area contributed by atoms with Crippen molar-refractivity contribution in [2.24, 2.45) is 0 Å². The number of hydrogen-bond donors (Lipinski definition) is 0. The zero-order valence-corrected chi connectivity index (χ0v) is 14.4. The highest BCUT2D eigenvalue weighted by atomic mass is 32.2. The maximum atomic E-state index is 12.8. The first-order valence-corrected chi connectivity index (χ1v) is 9.12. The van der Waals surface area contributed by atoms with Gasteiger partial charge in [-0.2, -0.15) is 0 Å². The first-order valence-electron chi connectivity index (χ1n) is 7.68. The highest BCUT2D eigenvalue weighted by Gasteiger charge is 2.39. The van der Waals surface area contributed by atoms with E-state index < -0.39 is 10.0 Å². The molecule has 0 aliphatic carbocycles. The Balaban J connectivity index is 1.91. The zero-order valence-electron chi connectivity index (χ0n) is 13.6. The second-order valence-electron chi connectivity index (χ2n) is 5.89. The Kier molecular flexibility index (Phi) is 4.32. The minimum Gasteiger partial charge on any atom is -0.496 e. The Labute approximate surface area is 141 Å². The van der Waals surface area contributed by atoms with E-state index in [9.17, 15) is 13.2 Å². The number of ether oxygens (including phenoxy) is 1. The molecule has 0 spiro atoms. The third-order valence-corrected chi connectivity index (χ3v) is 6.07. The average Bonchev–Trinajstić information content (AvgIpc) is 2.97. The van der Waals surface area contributed by atoms with Gasteiger partial charge >= 0.3 is 0 Å². The number of carbonyl (C=O) groups is 1. The highest BCUT2D eigenvalue weighted by molar-refractivity contribution is 7.89. The molecule has 1 fully saturated rings. The van der Waals surface area contributed by atoms with E-state index in [4.69, 9.17) is 4.74 Å². The average molecular weight is 345 g/mol. The Morgan fingerprint density at radius 1 is 1.08 bits per heavy atom. The molecule has 2 aromatic rings. The van der Waals surface area contributed by atoms with E-state index in [2.05, 4.69) is 0 Å². The number of nitrogens with zero attached hydrogens (tertiary/aromatic N) is 1. The quantitative estimate of drug-likeness (QED) is 0.855. The molecule has 1 heterocycles. The summed E-state index contributed by atoms with van der Waals surface area (Å²) in [6.45, 7) is 2.02. The van der Waals surface area contributed by atoms with Crippen LogP contribution in [0.5, 0.6) is 5.75 Å². The maximum Gasteiger partial charge on any atom is 0.266 e. The number of hydrogen-bond acceptors (Lipinski definition) is 4. The molecule has 126 valence electrons. The number of rotatable bonds is 4. The zero-order chi connectivity index (χ0) is 17.3. The van der Waals surface area contributed by atoms with E-state index in [1.165, 1.54) is 12.1 Å². The molecule has 6 heteroatoms. The van der Waals surface area contributed by atoms with Crippen LogP contribution in [0.1, 0.15) is 23.5 Å². The van der Waals surface area contributed by atoms with Crippen molar-refractivity contribution in [1.82, 2.24) is 4.31 Å². The predicted molar refractivity (Wildman–Crippen MR) is 90.4 cm³/mol. The molecule has 0 unspecified atom stereocenters. The molecule has 1 saturated heterocycles. The lowest BCUT2D eigenvalue weighted by Gasteiger charge is -2.18. The summed E-state index contributed by atoms with van der Waals surface area (Å²) in [5, 5.41) is 0. The van der Waals surface area contributed by atoms with Gasteiger partial charge in [0.25, 0.3) is 10.0 Å². The number of carbonyl (C=O) groups excluding carboxylic acids is 1. The number of sulfonamides is 1. The van der Waals surface area contributed by atoms with Gasteiger partial charge in [0.1, 0.15) is 5.75 Å². The summed E-state index contributed by atoms with van der Waals surface area (Å²) >= 11 is 0. The minimum absolute atomic E-state index is 0.134. The largest absolute Gasteiger partial charge is 0.496 e. The molecule has 24 heavy (non-hydrogen) atoms. The molecular formula is C18H19NO4S. The van der Waals surface area contributed by atoms with E-state index in [1.54, 1.807) is 19.2 Å². The fourth-order valence-electron chi connectivity index (χ4n) is 2.96. The van der Waals surface area contributed by atoms with Crippen molar-refractivity contribution in [2.45, 2.75) is 24.2 Å². The fourth-order valence-corrected chi connectivity index (χ4v) is 4.41. The maximum absolute atomic E-state index is 12.8. The lowest BCUT2D eigenvalue weighted by atomic mass is 9.97. The standard InChI is InChI=1S/C18H19NO4S/c1-13-7-9-15(10-8-13)24(21,22)19-12-14(11-18(19)20)16-5-3-4-6-17(16)23-2/h3-10,14H,11-12H2,1-2H3/t14-/m0/s1. The molecule has 0 radical (unpaired) electrons. The van der Waals surface area contributed by atoms with Crippen LogP contribution >= 0.6 is 0 Å². The Morgan fingerprint density at radius 3 is 2.42 bits per heavy atom. The van der Waals surface area contributed by atoms with Gasteiger partial charge < -0.3 is 4.74 Å². The molecule has 5 nitrogen and oxygen atoms in total. The van der Waals surface area contributed by atoms with Crippen molar-refractivity contribution in [3.05, 3.63) is 59.7 Å². The van der Waals surface area contributed by atoms with Gasteiger partial charge in [-0.15, -0.1) is 0 Å². The monoisotopic (exact) mass is 345 g/mol. The van der Waals surface area contributed by atoms with Crippen LogP contribution in [0.3, 0.4) is 0 Å². The molecule has 1 aliphatic rings. The van der Waals surface area contributed by atoms with Gasteiger partial charge in [-0.1, -0.05) is 35.9 Å². The van der Waals surface area contributed by atoms with Gasteiger partial charge in [-0.25, -0.2) is 12.7 Å². The lowest BCUT2D eigenvalue weighted by molar-refractivity contribution is -0.123. The highest BCUT2D eigenvalue weighted by Crippen LogP contribution is 2.36. The SMILES string of the molecule is COc1ccccc1[C@H]1CC(=O)N(S(=O)(=O)c2ccc(C)cc2)C1. The molecule has 1 atom stereocenters. The van der Waals surface area contributed by atoms with E-state index in [1.807, 2.05) is 31.2 Å². The van der Waals surface area contributed by atoms with Crippen molar-refractivity contribution in [3.8, 4) is 5.75 Å². The normalized spacial score (nSPS) is 18.0. The summed E-state index contributed by atoms with van der Waals surface area (Å²) in [7, 11) is -2.26. The molecule has 2 aromatic carbocycles. The van der Waals surface area contributed by atoms with E-state index >= 15 is 0 Å². The van der Waals surface area contributed by atoms with Gasteiger partial charge in [0.2, 0.25) is 5.91 Å². The van der Waals surface area contributed by atoms with Crippen LogP contribution in [0, 0.1) is 6.92 Å². The van der Waals surface area contributed by atoms with Crippen LogP contribution in [0.2, 0.25) is 0 Å². The predicted octanol–water partition coefficient (Wildman–Crippen LogP) is 2.71. The van der Waals surface area contributed by atoms with E-state index in [0.717, 1.165) is 15.4 Å². The van der Waals surface area contributed by atoms with Crippen LogP contribution in [0.25, 0.3) is 0 Å². The Morgan fingerprint density at radius 2 is 1.75 bits per heavy atom. The van der Waals surface area contributed by atoms with Crippen molar-refractivity contribution in [1.29, 1.82) is 0 Å². The molecule has 0 N–H and O–H groups in total. The molecule has 1 amide bonds. The minimum atomic E-state index is -3.82. The fraction of sp³-hybridized carbons (Fsp3) is 0.278. The third kappa shape index (κ3) is 2.89. The second-order valence-corrected chi connectivity index (χ2v) is 7.75. The van der Waals surface area contributed by atoms with Gasteiger partial charge in [-0.3, -0.25) is 4.79 Å². The van der Waals surface area contributed by atoms with Gasteiger partial charge in [0, 0.05) is 18.9 Å². The Hall–Kier alpha value is -2.34. The molecular weight excluding hydrogens is 326 g/mol. The van der Waals surface area contributed by atoms with Crippen LogP contribution in [-0.4, -0.2) is 32.3 Å². The van der Waals surface area contributed by atoms with Crippen LogP contribution < -0.4 is 4.74 Å². The topological polar surface area (TPSA) is 63.7 Å². The number of para-hydroxylation sites is 1. The first-order chi connectivity index (χ1) is 11.4. The summed E-state index contributed by atoms with van der Waals surface area (Å²) in [4.78, 5) is 12.5. The van der Waals surface area contributed by atoms with Crippen molar-refractivity contribution >= 4 is 15.9 Å². The summed E-state index contributed by atoms with van der Waals surface area (Å²) in [6, 6.07) is 13.9. The summed E-state index contributed by atoms with van der Waals surface area (Å²) in [5.41, 5.74) is 1.82. The van der Waals surface area contributed by atoms with Crippen LogP contribution in [0.15, 0.2) is 53.4 Å². The smallest absolute Gasteiger partial charge is 0.266 e. The summed E-state index contributed by atoms with van der Waals surface area (Å²) < 4.78 is 31.8. The number of amides is 1. The molecule has 0 aromatic heterocycles. The van der Waals surface area contributed by atoms with E-state index in [-0.39, 0.29) is 29.7 Å². The number of benzene rings is 2. The molecule has 3 rings (SSSR count). The third-order valence-electron chi connectivity index (χ3n) is 4.27. The van der Waals surface area contributed by atoms with Crippen LogP contribution in [0.4, 0.5) is 0 Å². The van der Waals surface area contributed by atoms with Crippen molar-refractivity contribution in [2.75, 3.05) is 13.7 Å². The summed E-state index contributed by atoms with van der Waals surface area (Å²) in [5.74, 6) is 0.0882. The number of aryl methyl sites for hydroxylation is 1. The van der Waals surface area contributed by atoms with Crippen LogP contribution in [-0.2, 0) is 14.8 Å². The molecule has 0 bridgehead atoms. The molecule has 1 aliphatic heterocycles. The van der Waals surface area contributed by atoms with Gasteiger partial charge in [0.15, 0.2) is 0 Å². The van der Waals surface area contributed by atoms with E-state index in [0.29, 0.717) is 5.75 Å². The molecule has 0 saturated carbocycles. The second kappa shape index (κ2) is 6.28. The van der Waals surface area contributed by atoms with Gasteiger partial charge in [0.05, 0.1) is 12.0 Å². The van der Waals surface area contributed by atoms with Gasteiger partial charge in [-0.05, 0) is 30.7 Å². The first kappa shape index (κ1) is 16.5. The Bertz CT molecular complexity index is 859. The summed E-state index contributed by atoms with van der Waals surface area (Å²) in [6.07, 6.45) is 0.158. The van der Waals surface area contributed by atoms with Crippen molar-refractivity contribution in [3.63, 3.8) is 0 Å².